The quantitative estimate of drug-likeness (QED) is 0.0974. The van der Waals surface area contributed by atoms with Crippen LogP contribution in [0.2, 0.25) is 0 Å². The Bertz CT molecular complexity index is 516. The van der Waals surface area contributed by atoms with Crippen molar-refractivity contribution in [3.63, 3.8) is 0 Å². The van der Waals surface area contributed by atoms with Gasteiger partial charge in [0, 0.05) is 0 Å². The molecule has 2 aliphatic carbocycles. The van der Waals surface area contributed by atoms with E-state index in [1.807, 2.05) is 6.92 Å². The molecule has 3 aliphatic rings. The number of halogens is 5. The SMILES string of the molecule is CC(C(=O)OCC1CC2CC1CC2CC(O)(CF)C(F)(F)F)C1N[I-]1. The molecule has 1 saturated heterocycles. The Morgan fingerprint density at radius 2 is 1.88 bits per heavy atom. The molecule has 0 aromatic heterocycles. The molecule has 1 aliphatic heterocycles. The Balaban J connectivity index is 1.48. The normalized spacial score (nSPS) is 37.9. The number of ether oxygens (including phenoxy) is 1. The first-order chi connectivity index (χ1) is 11.6. The van der Waals surface area contributed by atoms with Gasteiger partial charge in [0.25, 0.3) is 0 Å². The molecule has 146 valence electrons. The summed E-state index contributed by atoms with van der Waals surface area (Å²) in [6.45, 7) is 0.356. The minimum absolute atomic E-state index is 0.0440. The second-order valence-corrected chi connectivity index (χ2v) is 10.2. The number of carbonyl (C=O) groups is 1. The zero-order valence-corrected chi connectivity index (χ0v) is 16.0. The molecular formula is C16H23F4INO3-. The first kappa shape index (κ1) is 19.6. The van der Waals surface area contributed by atoms with Crippen LogP contribution < -0.4 is 25.0 Å². The fraction of sp³-hybridized carbons (Fsp3) is 0.938. The summed E-state index contributed by atoms with van der Waals surface area (Å²) >= 11 is -0.0560. The van der Waals surface area contributed by atoms with E-state index in [4.69, 9.17) is 4.74 Å². The van der Waals surface area contributed by atoms with Crippen LogP contribution in [0.25, 0.3) is 0 Å². The molecular weight excluding hydrogens is 457 g/mol. The number of fused-ring (bicyclic) bond motifs is 2. The number of carbonyl (C=O) groups excluding carboxylic acids is 1. The zero-order chi connectivity index (χ0) is 18.4. The molecule has 2 N–H and O–H groups in total. The number of esters is 1. The van der Waals surface area contributed by atoms with Crippen LogP contribution in [0.1, 0.15) is 32.6 Å². The third-order valence-corrected chi connectivity index (χ3v) is 8.40. The number of alkyl halides is 5. The molecule has 7 unspecified atom stereocenters. The van der Waals surface area contributed by atoms with Crippen molar-refractivity contribution in [1.82, 2.24) is 3.53 Å². The van der Waals surface area contributed by atoms with E-state index in [0.717, 1.165) is 6.42 Å². The van der Waals surface area contributed by atoms with Crippen molar-refractivity contribution in [2.45, 2.75) is 48.4 Å². The summed E-state index contributed by atoms with van der Waals surface area (Å²) in [5.74, 6) is -0.255. The van der Waals surface area contributed by atoms with E-state index >= 15 is 0 Å². The minimum atomic E-state index is -4.95. The van der Waals surface area contributed by atoms with Gasteiger partial charge in [-0.1, -0.05) is 0 Å². The third kappa shape index (κ3) is 4.07. The Morgan fingerprint density at radius 1 is 1.28 bits per heavy atom. The number of hydrogen-bond donors (Lipinski definition) is 2. The van der Waals surface area contributed by atoms with E-state index in [1.54, 1.807) is 0 Å². The van der Waals surface area contributed by atoms with Crippen molar-refractivity contribution in [1.29, 1.82) is 0 Å². The summed E-state index contributed by atoms with van der Waals surface area (Å²) in [4.78, 5) is 11.9. The van der Waals surface area contributed by atoms with Crippen LogP contribution in [-0.2, 0) is 9.53 Å². The molecule has 0 aromatic rings. The van der Waals surface area contributed by atoms with Crippen molar-refractivity contribution in [2.75, 3.05) is 13.3 Å². The third-order valence-electron chi connectivity index (χ3n) is 5.98. The van der Waals surface area contributed by atoms with Crippen LogP contribution in [-0.4, -0.2) is 40.2 Å². The molecule has 0 aromatic carbocycles. The van der Waals surface area contributed by atoms with E-state index < -0.39 is 24.9 Å². The van der Waals surface area contributed by atoms with Crippen LogP contribution in [0, 0.1) is 29.6 Å². The van der Waals surface area contributed by atoms with Gasteiger partial charge in [-0.25, -0.2) is 4.39 Å². The molecule has 0 radical (unpaired) electrons. The fourth-order valence-electron chi connectivity index (χ4n) is 4.31. The second-order valence-electron chi connectivity index (χ2n) is 7.65. The van der Waals surface area contributed by atoms with Crippen molar-refractivity contribution in [2.24, 2.45) is 29.6 Å². The Kier molecular flexibility index (Phi) is 5.57. The van der Waals surface area contributed by atoms with Gasteiger partial charge in [0.15, 0.2) is 0 Å². The molecule has 4 nitrogen and oxygen atoms in total. The van der Waals surface area contributed by atoms with E-state index in [0.29, 0.717) is 23.5 Å². The monoisotopic (exact) mass is 480 g/mol. The van der Waals surface area contributed by atoms with Crippen molar-refractivity contribution in [3.05, 3.63) is 0 Å². The van der Waals surface area contributed by atoms with Gasteiger partial charge in [0.2, 0.25) is 0 Å². The summed E-state index contributed by atoms with van der Waals surface area (Å²) in [6.07, 6.45) is -3.52. The molecule has 0 amide bonds. The van der Waals surface area contributed by atoms with Crippen LogP contribution in [0.4, 0.5) is 17.6 Å². The topological polar surface area (TPSA) is 68.5 Å². The van der Waals surface area contributed by atoms with Gasteiger partial charge in [-0.05, 0) is 0 Å². The molecule has 1 heterocycles. The first-order valence-electron chi connectivity index (χ1n) is 8.54. The zero-order valence-electron chi connectivity index (χ0n) is 13.9. The molecule has 9 heteroatoms. The number of hydrogen-bond acceptors (Lipinski definition) is 4. The van der Waals surface area contributed by atoms with Crippen LogP contribution >= 0.6 is 0 Å². The molecule has 2 bridgehead atoms. The summed E-state index contributed by atoms with van der Waals surface area (Å²) in [5, 5.41) is 9.63. The van der Waals surface area contributed by atoms with Gasteiger partial charge in [-0.2, -0.15) is 13.2 Å². The molecule has 3 rings (SSSR count). The Morgan fingerprint density at radius 3 is 2.36 bits per heavy atom. The maximum absolute atomic E-state index is 12.9. The second kappa shape index (κ2) is 7.10. The Labute approximate surface area is 154 Å². The van der Waals surface area contributed by atoms with Crippen molar-refractivity contribution >= 4 is 5.97 Å². The van der Waals surface area contributed by atoms with Crippen molar-refractivity contribution in [3.8, 4) is 0 Å². The van der Waals surface area contributed by atoms with Crippen LogP contribution in [0.5, 0.6) is 0 Å². The summed E-state index contributed by atoms with van der Waals surface area (Å²) in [5.41, 5.74) is -3.24. The van der Waals surface area contributed by atoms with Crippen molar-refractivity contribution < 1.29 is 53.7 Å². The van der Waals surface area contributed by atoms with E-state index in [2.05, 4.69) is 3.53 Å². The number of aliphatic hydroxyl groups is 1. The Hall–Kier alpha value is -0.160. The predicted molar refractivity (Wildman–Crippen MR) is 76.5 cm³/mol. The summed E-state index contributed by atoms with van der Waals surface area (Å²) < 4.78 is 60.4. The first-order valence-corrected chi connectivity index (χ1v) is 10.9. The van der Waals surface area contributed by atoms with Gasteiger partial charge < -0.3 is 0 Å². The molecule has 25 heavy (non-hydrogen) atoms. The van der Waals surface area contributed by atoms with Gasteiger partial charge in [-0.15, -0.1) is 0 Å². The fourth-order valence-corrected chi connectivity index (χ4v) is 5.89. The average molecular weight is 480 g/mol. The molecule has 0 spiro atoms. The number of rotatable bonds is 7. The van der Waals surface area contributed by atoms with Gasteiger partial charge in [0.05, 0.1) is 0 Å². The maximum atomic E-state index is 12.9. The number of nitrogens with one attached hydrogen (secondary N) is 1. The van der Waals surface area contributed by atoms with Gasteiger partial charge >= 0.3 is 137 Å². The van der Waals surface area contributed by atoms with E-state index in [1.165, 1.54) is 0 Å². The summed E-state index contributed by atoms with van der Waals surface area (Å²) in [6, 6.07) is 0. The van der Waals surface area contributed by atoms with E-state index in [-0.39, 0.29) is 57.0 Å². The van der Waals surface area contributed by atoms with Crippen LogP contribution in [0.3, 0.4) is 0 Å². The predicted octanol–water partition coefficient (Wildman–Crippen LogP) is -0.586. The van der Waals surface area contributed by atoms with Gasteiger partial charge in [0.1, 0.15) is 0 Å². The van der Waals surface area contributed by atoms with Crippen LogP contribution in [0.15, 0.2) is 0 Å². The standard InChI is InChI=1S/C16H23F4INO3/c1-8(13-21-22-13)14(23)25-6-12-4-9-2-10(12)3-11(9)5-15(24,7-17)16(18,19)20/h8-13,22,24H,2-7H2,1H3/q-1. The van der Waals surface area contributed by atoms with Gasteiger partial charge in [-0.3, -0.25) is 0 Å². The summed E-state index contributed by atoms with van der Waals surface area (Å²) in [7, 11) is 0. The molecule has 3 fully saturated rings. The van der Waals surface area contributed by atoms with E-state index in [9.17, 15) is 27.5 Å². The molecule has 7 atom stereocenters. The average Bonchev–Trinajstić information content (AvgIpc) is 3.23. The molecule has 2 saturated carbocycles.